The summed E-state index contributed by atoms with van der Waals surface area (Å²) in [5.74, 6) is -0.264. The average molecular weight is 582 g/mol. The van der Waals surface area contributed by atoms with E-state index in [1.54, 1.807) is 47.4 Å². The minimum Gasteiger partial charge on any atom is -0.482 e. The van der Waals surface area contributed by atoms with Gasteiger partial charge in [-0.25, -0.2) is 0 Å². The van der Waals surface area contributed by atoms with Crippen molar-refractivity contribution in [3.63, 3.8) is 0 Å². The van der Waals surface area contributed by atoms with E-state index in [0.29, 0.717) is 27.2 Å². The molecule has 1 unspecified atom stereocenters. The van der Waals surface area contributed by atoms with Crippen LogP contribution in [-0.4, -0.2) is 29.4 Å². The van der Waals surface area contributed by atoms with Gasteiger partial charge < -0.3 is 15.0 Å². The van der Waals surface area contributed by atoms with Gasteiger partial charge in [0.2, 0.25) is 5.91 Å². The summed E-state index contributed by atoms with van der Waals surface area (Å²) in [6, 6.07) is 30.4. The maximum atomic E-state index is 13.7. The molecule has 4 aromatic carbocycles. The van der Waals surface area contributed by atoms with E-state index in [1.165, 1.54) is 0 Å². The molecular formula is C31H27Cl3N2O3. The van der Waals surface area contributed by atoms with Crippen molar-refractivity contribution in [2.45, 2.75) is 25.6 Å². The monoisotopic (exact) mass is 580 g/mol. The van der Waals surface area contributed by atoms with Crippen LogP contribution in [0.1, 0.15) is 16.7 Å². The van der Waals surface area contributed by atoms with E-state index in [9.17, 15) is 9.59 Å². The van der Waals surface area contributed by atoms with Crippen molar-refractivity contribution in [1.82, 2.24) is 10.2 Å². The van der Waals surface area contributed by atoms with E-state index in [-0.39, 0.29) is 31.5 Å². The number of carbonyl (C=O) groups is 2. The second-order valence-corrected chi connectivity index (χ2v) is 10.1. The summed E-state index contributed by atoms with van der Waals surface area (Å²) in [6.45, 7) is 0.125. The molecule has 0 bridgehead atoms. The number of para-hydroxylation sites is 1. The normalized spacial score (nSPS) is 11.5. The maximum Gasteiger partial charge on any atom is 0.261 e. The number of halogens is 3. The Kier molecular flexibility index (Phi) is 10.3. The first-order chi connectivity index (χ1) is 18.9. The third-order valence-electron chi connectivity index (χ3n) is 6.12. The second-order valence-electron chi connectivity index (χ2n) is 8.89. The number of carbonyl (C=O) groups excluding carboxylic acids is 2. The van der Waals surface area contributed by atoms with E-state index < -0.39 is 6.04 Å². The van der Waals surface area contributed by atoms with E-state index >= 15 is 0 Å². The van der Waals surface area contributed by atoms with Crippen LogP contribution < -0.4 is 10.1 Å². The molecule has 200 valence electrons. The molecule has 4 rings (SSSR count). The minimum atomic E-state index is -0.818. The lowest BCUT2D eigenvalue weighted by atomic mass is 10.0. The molecule has 1 N–H and O–H groups in total. The van der Waals surface area contributed by atoms with Gasteiger partial charge >= 0.3 is 0 Å². The molecule has 0 fully saturated rings. The van der Waals surface area contributed by atoms with Crippen LogP contribution in [0, 0.1) is 0 Å². The Labute approximate surface area is 243 Å². The highest BCUT2D eigenvalue weighted by molar-refractivity contribution is 6.35. The molecule has 1 atom stereocenters. The molecule has 0 spiro atoms. The summed E-state index contributed by atoms with van der Waals surface area (Å²) in [5.41, 5.74) is 2.52. The lowest BCUT2D eigenvalue weighted by Gasteiger charge is -2.31. The van der Waals surface area contributed by atoms with Crippen LogP contribution in [0.3, 0.4) is 0 Å². The highest BCUT2D eigenvalue weighted by atomic mass is 35.5. The molecule has 0 aliphatic rings. The summed E-state index contributed by atoms with van der Waals surface area (Å²) in [4.78, 5) is 29.0. The molecular weight excluding hydrogens is 555 g/mol. The molecule has 0 aliphatic heterocycles. The molecule has 4 aromatic rings. The first-order valence-corrected chi connectivity index (χ1v) is 13.5. The highest BCUT2D eigenvalue weighted by Gasteiger charge is 2.31. The Balaban J connectivity index is 1.61. The molecule has 0 saturated carbocycles. The third kappa shape index (κ3) is 8.24. The van der Waals surface area contributed by atoms with Crippen LogP contribution in [0.15, 0.2) is 103 Å². The standard InChI is InChI=1S/C31H27Cl3N2O3/c32-25-16-15-24(27(34)18-25)19-35-31(38)28(17-22-9-3-1-4-10-22)36(20-23-11-5-2-6-12-23)30(37)21-39-29-14-8-7-13-26(29)33/h1-16,18,28H,17,19-21H2,(H,35,38). The Hall–Kier alpha value is -3.51. The lowest BCUT2D eigenvalue weighted by molar-refractivity contribution is -0.142. The fourth-order valence-electron chi connectivity index (χ4n) is 4.08. The molecule has 0 saturated heterocycles. The van der Waals surface area contributed by atoms with Crippen LogP contribution in [0.5, 0.6) is 5.75 Å². The first-order valence-electron chi connectivity index (χ1n) is 12.4. The van der Waals surface area contributed by atoms with Gasteiger partial charge in [0.1, 0.15) is 11.8 Å². The van der Waals surface area contributed by atoms with Crippen LogP contribution in [0.4, 0.5) is 0 Å². The number of benzene rings is 4. The Morgan fingerprint density at radius 1 is 0.769 bits per heavy atom. The average Bonchev–Trinajstić information content (AvgIpc) is 2.95. The summed E-state index contributed by atoms with van der Waals surface area (Å²) in [6.07, 6.45) is 0.311. The van der Waals surface area contributed by atoms with Crippen LogP contribution in [0.25, 0.3) is 0 Å². The quantitative estimate of drug-likeness (QED) is 0.208. The van der Waals surface area contributed by atoms with Crippen molar-refractivity contribution in [2.24, 2.45) is 0 Å². The van der Waals surface area contributed by atoms with Gasteiger partial charge in [-0.2, -0.15) is 0 Å². The number of hydrogen-bond donors (Lipinski definition) is 1. The highest BCUT2D eigenvalue weighted by Crippen LogP contribution is 2.24. The Morgan fingerprint density at radius 3 is 2.08 bits per heavy atom. The van der Waals surface area contributed by atoms with Crippen molar-refractivity contribution >= 4 is 46.6 Å². The number of rotatable bonds is 11. The van der Waals surface area contributed by atoms with Crippen molar-refractivity contribution in [1.29, 1.82) is 0 Å². The zero-order valence-electron chi connectivity index (χ0n) is 21.0. The molecule has 39 heavy (non-hydrogen) atoms. The second kappa shape index (κ2) is 14.0. The Morgan fingerprint density at radius 2 is 1.41 bits per heavy atom. The number of hydrogen-bond acceptors (Lipinski definition) is 3. The Bertz CT molecular complexity index is 1400. The van der Waals surface area contributed by atoms with Gasteiger partial charge in [0, 0.05) is 29.6 Å². The van der Waals surface area contributed by atoms with Gasteiger partial charge in [0.05, 0.1) is 5.02 Å². The molecule has 0 aliphatic carbocycles. The minimum absolute atomic E-state index is 0.184. The van der Waals surface area contributed by atoms with Gasteiger partial charge in [0.25, 0.3) is 5.91 Å². The maximum absolute atomic E-state index is 13.7. The number of nitrogens with zero attached hydrogens (tertiary/aromatic N) is 1. The largest absolute Gasteiger partial charge is 0.482 e. The predicted molar refractivity (Wildman–Crippen MR) is 156 cm³/mol. The molecule has 2 amide bonds. The SMILES string of the molecule is O=C(NCc1ccc(Cl)cc1Cl)C(Cc1ccccc1)N(Cc1ccccc1)C(=O)COc1ccccc1Cl. The van der Waals surface area contributed by atoms with Crippen LogP contribution in [-0.2, 0) is 29.1 Å². The number of amides is 2. The fraction of sp³-hybridized carbons (Fsp3) is 0.161. The summed E-state index contributed by atoms with van der Waals surface area (Å²) >= 11 is 18.6. The molecule has 5 nitrogen and oxygen atoms in total. The van der Waals surface area contributed by atoms with Crippen LogP contribution in [0.2, 0.25) is 15.1 Å². The zero-order valence-corrected chi connectivity index (χ0v) is 23.3. The van der Waals surface area contributed by atoms with E-state index in [4.69, 9.17) is 39.5 Å². The molecule has 0 heterocycles. The van der Waals surface area contributed by atoms with Crippen molar-refractivity contribution in [3.05, 3.63) is 135 Å². The molecule has 0 radical (unpaired) electrons. The first kappa shape index (κ1) is 28.5. The van der Waals surface area contributed by atoms with Crippen molar-refractivity contribution < 1.29 is 14.3 Å². The van der Waals surface area contributed by atoms with Gasteiger partial charge in [0.15, 0.2) is 6.61 Å². The predicted octanol–water partition coefficient (Wildman–Crippen LogP) is 6.98. The summed E-state index contributed by atoms with van der Waals surface area (Å²) in [7, 11) is 0. The zero-order chi connectivity index (χ0) is 27.6. The van der Waals surface area contributed by atoms with Crippen LogP contribution >= 0.6 is 34.8 Å². The molecule has 8 heteroatoms. The third-order valence-corrected chi connectivity index (χ3v) is 7.02. The summed E-state index contributed by atoms with van der Waals surface area (Å²) < 4.78 is 5.77. The molecule has 0 aromatic heterocycles. The van der Waals surface area contributed by atoms with E-state index in [0.717, 1.165) is 16.7 Å². The van der Waals surface area contributed by atoms with Gasteiger partial charge in [-0.3, -0.25) is 9.59 Å². The lowest BCUT2D eigenvalue weighted by Crippen LogP contribution is -2.51. The smallest absolute Gasteiger partial charge is 0.261 e. The van der Waals surface area contributed by atoms with Crippen molar-refractivity contribution in [3.8, 4) is 5.75 Å². The van der Waals surface area contributed by atoms with Crippen molar-refractivity contribution in [2.75, 3.05) is 6.61 Å². The van der Waals surface area contributed by atoms with Gasteiger partial charge in [-0.05, 0) is 41.0 Å². The van der Waals surface area contributed by atoms with Gasteiger partial charge in [-0.15, -0.1) is 0 Å². The number of nitrogens with one attached hydrogen (secondary N) is 1. The van der Waals surface area contributed by atoms with E-state index in [2.05, 4.69) is 5.32 Å². The fourth-order valence-corrected chi connectivity index (χ4v) is 4.75. The summed E-state index contributed by atoms with van der Waals surface area (Å²) in [5, 5.41) is 4.32. The van der Waals surface area contributed by atoms with E-state index in [1.807, 2.05) is 60.7 Å². The number of ether oxygens (including phenoxy) is 1. The topological polar surface area (TPSA) is 58.6 Å². The van der Waals surface area contributed by atoms with Gasteiger partial charge in [-0.1, -0.05) is 114 Å².